The van der Waals surface area contributed by atoms with Crippen LogP contribution in [0.25, 0.3) is 0 Å². The van der Waals surface area contributed by atoms with Gasteiger partial charge < -0.3 is 5.32 Å². The van der Waals surface area contributed by atoms with Crippen LogP contribution in [0.3, 0.4) is 0 Å². The number of nitrogens with zero attached hydrogens (tertiary/aromatic N) is 1. The van der Waals surface area contributed by atoms with Crippen molar-refractivity contribution in [2.24, 2.45) is 5.41 Å². The van der Waals surface area contributed by atoms with Crippen molar-refractivity contribution in [1.82, 2.24) is 10.2 Å². The fraction of sp³-hybridized carbons (Fsp3) is 0.478. The molecule has 1 unspecified atom stereocenters. The third-order valence-corrected chi connectivity index (χ3v) is 5.72. The van der Waals surface area contributed by atoms with E-state index in [4.69, 9.17) is 0 Å². The van der Waals surface area contributed by atoms with Crippen LogP contribution in [0.2, 0.25) is 0 Å². The predicted molar refractivity (Wildman–Crippen MR) is 108 cm³/mol. The molecule has 1 aliphatic rings. The summed E-state index contributed by atoms with van der Waals surface area (Å²) in [5, 5.41) is 3.47. The fourth-order valence-corrected chi connectivity index (χ4v) is 3.91. The Hall–Kier alpha value is -2.06. The van der Waals surface area contributed by atoms with E-state index in [0.29, 0.717) is 30.8 Å². The summed E-state index contributed by atoms with van der Waals surface area (Å²) in [4.78, 5) is 2.12. The highest BCUT2D eigenvalue weighted by atomic mass is 19.4. The van der Waals surface area contributed by atoms with Gasteiger partial charge in [0.05, 0.1) is 17.2 Å². The molecule has 8 heteroatoms. The maximum Gasteiger partial charge on any atom is 0.416 e. The minimum absolute atomic E-state index is 0.0521. The van der Waals surface area contributed by atoms with Gasteiger partial charge in [-0.2, -0.15) is 26.3 Å². The van der Waals surface area contributed by atoms with Crippen LogP contribution in [-0.4, -0.2) is 30.6 Å². The van der Waals surface area contributed by atoms with Crippen molar-refractivity contribution in [3.05, 3.63) is 70.8 Å². The van der Waals surface area contributed by atoms with E-state index in [2.05, 4.69) is 31.0 Å². The quantitative estimate of drug-likeness (QED) is 0.573. The average molecular weight is 444 g/mol. The average Bonchev–Trinajstić information content (AvgIpc) is 2.67. The Morgan fingerprint density at radius 3 is 1.55 bits per heavy atom. The van der Waals surface area contributed by atoms with Gasteiger partial charge in [0.25, 0.3) is 0 Å². The summed E-state index contributed by atoms with van der Waals surface area (Å²) in [6.07, 6.45) is -8.90. The highest BCUT2D eigenvalue weighted by Gasteiger charge is 2.35. The molecule has 2 nitrogen and oxygen atoms in total. The fourth-order valence-electron chi connectivity index (χ4n) is 3.91. The molecule has 1 saturated heterocycles. The van der Waals surface area contributed by atoms with Crippen molar-refractivity contribution in [3.63, 3.8) is 0 Å². The molecular formula is C23H26F6N2. The normalized spacial score (nSPS) is 19.1. The standard InChI is InChI=1S/C23H26F6N2/c1-21(2,3)19-14-31(13-12-30-19)20(15-4-8-17(9-5-15)22(24,25)26)16-6-10-18(11-7-16)23(27,28)29/h4-11,19-20,30H,12-14H2,1-3H3. The highest BCUT2D eigenvalue weighted by molar-refractivity contribution is 5.36. The Morgan fingerprint density at radius 2 is 1.19 bits per heavy atom. The van der Waals surface area contributed by atoms with Crippen molar-refractivity contribution >= 4 is 0 Å². The van der Waals surface area contributed by atoms with E-state index < -0.39 is 29.5 Å². The van der Waals surface area contributed by atoms with E-state index in [1.54, 1.807) is 0 Å². The van der Waals surface area contributed by atoms with Crippen LogP contribution < -0.4 is 5.32 Å². The first-order chi connectivity index (χ1) is 14.3. The topological polar surface area (TPSA) is 15.3 Å². The molecule has 0 amide bonds. The molecule has 0 aliphatic carbocycles. The summed E-state index contributed by atoms with van der Waals surface area (Å²) < 4.78 is 78.1. The molecule has 0 spiro atoms. The first kappa shape index (κ1) is 23.6. The Kier molecular flexibility index (Phi) is 6.45. The molecule has 3 rings (SSSR count). The summed E-state index contributed by atoms with van der Waals surface area (Å²) in [5.41, 5.74) is -0.334. The molecular weight excluding hydrogens is 418 g/mol. The van der Waals surface area contributed by atoms with Crippen LogP contribution in [0.15, 0.2) is 48.5 Å². The van der Waals surface area contributed by atoms with Gasteiger partial charge in [0.2, 0.25) is 0 Å². The van der Waals surface area contributed by atoms with Gasteiger partial charge in [-0.15, -0.1) is 0 Å². The third kappa shape index (κ3) is 5.60. The highest BCUT2D eigenvalue weighted by Crippen LogP contribution is 2.36. The lowest BCUT2D eigenvalue weighted by Gasteiger charge is -2.44. The summed E-state index contributed by atoms with van der Waals surface area (Å²) in [6, 6.07) is 9.44. The van der Waals surface area contributed by atoms with E-state index in [9.17, 15) is 26.3 Å². The molecule has 2 aromatic carbocycles. The van der Waals surface area contributed by atoms with Gasteiger partial charge in [-0.05, 0) is 40.8 Å². The van der Waals surface area contributed by atoms with Gasteiger partial charge in [-0.25, -0.2) is 0 Å². The van der Waals surface area contributed by atoms with Crippen LogP contribution in [0.1, 0.15) is 49.1 Å². The molecule has 1 N–H and O–H groups in total. The third-order valence-electron chi connectivity index (χ3n) is 5.72. The number of nitrogens with one attached hydrogen (secondary N) is 1. The second-order valence-electron chi connectivity index (χ2n) is 9.01. The number of piperazine rings is 1. The largest absolute Gasteiger partial charge is 0.416 e. The van der Waals surface area contributed by atoms with Crippen molar-refractivity contribution in [2.45, 2.75) is 45.2 Å². The predicted octanol–water partition coefficient (Wildman–Crippen LogP) is 6.13. The molecule has 0 saturated carbocycles. The molecule has 170 valence electrons. The zero-order chi connectivity index (χ0) is 23.0. The molecule has 1 fully saturated rings. The molecule has 0 bridgehead atoms. The van der Waals surface area contributed by atoms with Gasteiger partial charge in [-0.1, -0.05) is 45.0 Å². The summed E-state index contributed by atoms with van der Waals surface area (Å²) in [7, 11) is 0. The Labute approximate surface area is 178 Å². The lowest BCUT2D eigenvalue weighted by molar-refractivity contribution is -0.138. The first-order valence-electron chi connectivity index (χ1n) is 10.1. The zero-order valence-electron chi connectivity index (χ0n) is 17.6. The van der Waals surface area contributed by atoms with Crippen molar-refractivity contribution in [2.75, 3.05) is 19.6 Å². The van der Waals surface area contributed by atoms with Crippen LogP contribution in [0.5, 0.6) is 0 Å². The maximum atomic E-state index is 13.0. The van der Waals surface area contributed by atoms with Crippen LogP contribution in [-0.2, 0) is 12.4 Å². The van der Waals surface area contributed by atoms with E-state index in [1.165, 1.54) is 24.3 Å². The number of hydrogen-bond donors (Lipinski definition) is 1. The molecule has 1 heterocycles. The Balaban J connectivity index is 2.00. The minimum Gasteiger partial charge on any atom is -0.311 e. The Bertz CT molecular complexity index is 806. The van der Waals surface area contributed by atoms with Gasteiger partial charge in [-0.3, -0.25) is 4.90 Å². The van der Waals surface area contributed by atoms with Gasteiger partial charge in [0.15, 0.2) is 0 Å². The monoisotopic (exact) mass is 444 g/mol. The number of halogens is 6. The van der Waals surface area contributed by atoms with E-state index >= 15 is 0 Å². The van der Waals surface area contributed by atoms with Crippen molar-refractivity contribution in [3.8, 4) is 0 Å². The van der Waals surface area contributed by atoms with Gasteiger partial charge >= 0.3 is 12.4 Å². The lowest BCUT2D eigenvalue weighted by atomic mass is 9.84. The van der Waals surface area contributed by atoms with E-state index in [0.717, 1.165) is 24.3 Å². The summed E-state index contributed by atoms with van der Waals surface area (Å²) >= 11 is 0. The van der Waals surface area contributed by atoms with Crippen LogP contribution >= 0.6 is 0 Å². The van der Waals surface area contributed by atoms with E-state index in [-0.39, 0.29) is 11.5 Å². The second-order valence-corrected chi connectivity index (χ2v) is 9.01. The minimum atomic E-state index is -4.45. The zero-order valence-corrected chi connectivity index (χ0v) is 17.6. The smallest absolute Gasteiger partial charge is 0.311 e. The molecule has 0 radical (unpaired) electrons. The SMILES string of the molecule is CC(C)(C)C1CN(C(c2ccc(C(F)(F)F)cc2)c2ccc(C(F)(F)F)cc2)CCN1. The van der Waals surface area contributed by atoms with Crippen LogP contribution in [0, 0.1) is 5.41 Å². The van der Waals surface area contributed by atoms with Gasteiger partial charge in [0.1, 0.15) is 0 Å². The Morgan fingerprint density at radius 1 is 0.774 bits per heavy atom. The first-order valence-corrected chi connectivity index (χ1v) is 10.1. The van der Waals surface area contributed by atoms with E-state index in [1.807, 2.05) is 0 Å². The lowest BCUT2D eigenvalue weighted by Crippen LogP contribution is -2.56. The molecule has 2 aromatic rings. The number of rotatable bonds is 3. The summed E-state index contributed by atoms with van der Waals surface area (Å²) in [5.74, 6) is 0. The number of hydrogen-bond acceptors (Lipinski definition) is 2. The molecule has 1 atom stereocenters. The molecule has 0 aromatic heterocycles. The number of benzene rings is 2. The van der Waals surface area contributed by atoms with Gasteiger partial charge in [0, 0.05) is 25.7 Å². The molecule has 1 aliphatic heterocycles. The maximum absolute atomic E-state index is 13.0. The second kappa shape index (κ2) is 8.47. The van der Waals surface area contributed by atoms with Crippen LogP contribution in [0.4, 0.5) is 26.3 Å². The summed E-state index contributed by atoms with van der Waals surface area (Å²) in [6.45, 7) is 8.22. The number of alkyl halides is 6. The van der Waals surface area contributed by atoms with Crippen molar-refractivity contribution in [1.29, 1.82) is 0 Å². The van der Waals surface area contributed by atoms with Crippen molar-refractivity contribution < 1.29 is 26.3 Å². The molecule has 31 heavy (non-hydrogen) atoms.